The number of fused-ring (bicyclic) bond motifs is 1. The van der Waals surface area contributed by atoms with Crippen molar-refractivity contribution >= 4 is 50.3 Å². The number of hydrogen-bond donors (Lipinski definition) is 1. The normalized spacial score (nSPS) is 16.8. The van der Waals surface area contributed by atoms with Crippen molar-refractivity contribution < 1.29 is 22.7 Å². The Balaban J connectivity index is 1.45. The lowest BCUT2D eigenvalue weighted by atomic mass is 10.1. The monoisotopic (exact) mass is 485 g/mol. The first-order valence-electron chi connectivity index (χ1n) is 10.1. The second kappa shape index (κ2) is 9.62. The molecule has 2 aromatic carbocycles. The zero-order valence-corrected chi connectivity index (χ0v) is 18.9. The highest BCUT2D eigenvalue weighted by Gasteiger charge is 2.39. The molecule has 1 N–H and O–H groups in total. The number of hydrogen-bond acceptors (Lipinski definition) is 9. The second-order valence-electron chi connectivity index (χ2n) is 7.36. The maximum atomic E-state index is 13.4. The third-order valence-electron chi connectivity index (χ3n) is 5.20. The van der Waals surface area contributed by atoms with Crippen LogP contribution in [0.4, 0.5) is 5.69 Å². The lowest BCUT2D eigenvalue weighted by Crippen LogP contribution is -2.48. The molecule has 1 aliphatic heterocycles. The number of ether oxygens (including phenoxy) is 1. The minimum absolute atomic E-state index is 0.00740. The van der Waals surface area contributed by atoms with Gasteiger partial charge >= 0.3 is 5.97 Å². The van der Waals surface area contributed by atoms with E-state index in [1.54, 1.807) is 36.4 Å². The summed E-state index contributed by atoms with van der Waals surface area (Å²) in [6, 6.07) is 11.9. The summed E-state index contributed by atoms with van der Waals surface area (Å²) in [6.45, 7) is -0.400. The number of carbonyl (C=O) groups is 2. The van der Waals surface area contributed by atoms with Gasteiger partial charge in [0.1, 0.15) is 22.0 Å². The second-order valence-corrected chi connectivity index (χ2v) is 9.75. The van der Waals surface area contributed by atoms with Gasteiger partial charge in [0.15, 0.2) is 6.61 Å². The molecule has 0 bridgehead atoms. The van der Waals surface area contributed by atoms with E-state index in [1.165, 1.54) is 6.07 Å². The van der Waals surface area contributed by atoms with E-state index in [2.05, 4.69) is 14.1 Å². The van der Waals surface area contributed by atoms with Gasteiger partial charge in [0, 0.05) is 12.2 Å². The maximum absolute atomic E-state index is 13.4. The van der Waals surface area contributed by atoms with Crippen LogP contribution in [0.3, 0.4) is 0 Å². The molecule has 1 saturated heterocycles. The molecule has 1 amide bonds. The molecule has 3 aromatic rings. The molecule has 1 aromatic heterocycles. The molecule has 170 valence electrons. The average Bonchev–Trinajstić information content (AvgIpc) is 3.32. The summed E-state index contributed by atoms with van der Waals surface area (Å²) in [5.41, 5.74) is 1.63. The van der Waals surface area contributed by atoms with Gasteiger partial charge in [0.2, 0.25) is 10.0 Å². The van der Waals surface area contributed by atoms with Crippen molar-refractivity contribution in [1.29, 1.82) is 5.26 Å². The van der Waals surface area contributed by atoms with Gasteiger partial charge in [-0.3, -0.25) is 9.59 Å². The van der Waals surface area contributed by atoms with Crippen molar-refractivity contribution in [2.24, 2.45) is 0 Å². The lowest BCUT2D eigenvalue weighted by Gasteiger charge is -2.32. The fourth-order valence-corrected chi connectivity index (χ4v) is 6.00. The van der Waals surface area contributed by atoms with Crippen LogP contribution in [0.5, 0.6) is 0 Å². The van der Waals surface area contributed by atoms with Gasteiger partial charge in [0.05, 0.1) is 23.4 Å². The summed E-state index contributed by atoms with van der Waals surface area (Å²) in [4.78, 5) is 24.9. The Bertz CT molecular complexity index is 1330. The summed E-state index contributed by atoms with van der Waals surface area (Å²) in [7, 11) is -4.04. The van der Waals surface area contributed by atoms with Gasteiger partial charge in [0.25, 0.3) is 5.91 Å². The van der Waals surface area contributed by atoms with Gasteiger partial charge in [-0.15, -0.1) is 0 Å². The topological polar surface area (TPSA) is 142 Å². The number of amides is 1. The third kappa shape index (κ3) is 4.85. The molecule has 0 aliphatic carbocycles. The quantitative estimate of drug-likeness (QED) is 0.524. The highest BCUT2D eigenvalue weighted by molar-refractivity contribution is 7.89. The molecular formula is C21H19N5O5S2. The molecule has 12 heteroatoms. The molecule has 0 radical (unpaired) electrons. The molecule has 1 aliphatic rings. The third-order valence-corrected chi connectivity index (χ3v) is 7.69. The number of benzene rings is 2. The van der Waals surface area contributed by atoms with E-state index in [-0.39, 0.29) is 17.0 Å². The molecule has 1 unspecified atom stereocenters. The number of anilines is 1. The van der Waals surface area contributed by atoms with Crippen LogP contribution in [0.25, 0.3) is 11.0 Å². The van der Waals surface area contributed by atoms with E-state index < -0.39 is 34.5 Å². The van der Waals surface area contributed by atoms with Crippen LogP contribution in [0.15, 0.2) is 47.4 Å². The summed E-state index contributed by atoms with van der Waals surface area (Å²) >= 11 is 0.916. The van der Waals surface area contributed by atoms with Crippen LogP contribution in [-0.4, -0.2) is 52.5 Å². The molecule has 10 nitrogen and oxygen atoms in total. The average molecular weight is 486 g/mol. The number of sulfonamides is 1. The van der Waals surface area contributed by atoms with Crippen molar-refractivity contribution in [3.63, 3.8) is 0 Å². The first kappa shape index (κ1) is 22.8. The molecule has 33 heavy (non-hydrogen) atoms. The Morgan fingerprint density at radius 3 is 2.73 bits per heavy atom. The Morgan fingerprint density at radius 2 is 1.97 bits per heavy atom. The van der Waals surface area contributed by atoms with Crippen LogP contribution in [-0.2, 0) is 24.3 Å². The van der Waals surface area contributed by atoms with Crippen LogP contribution in [0.1, 0.15) is 24.8 Å². The number of carbonyl (C=O) groups excluding carboxylic acids is 2. The molecule has 1 atom stereocenters. The number of rotatable bonds is 6. The van der Waals surface area contributed by atoms with Gasteiger partial charge < -0.3 is 10.1 Å². The van der Waals surface area contributed by atoms with E-state index in [9.17, 15) is 18.0 Å². The van der Waals surface area contributed by atoms with E-state index in [1.807, 2.05) is 6.07 Å². The smallest absolute Gasteiger partial charge is 0.324 e. The number of nitrogens with zero attached hydrogens (tertiary/aromatic N) is 4. The van der Waals surface area contributed by atoms with E-state index in [0.717, 1.165) is 16.0 Å². The molecule has 4 rings (SSSR count). The molecular weight excluding hydrogens is 466 g/mol. The van der Waals surface area contributed by atoms with Gasteiger partial charge in [-0.2, -0.15) is 18.3 Å². The lowest BCUT2D eigenvalue weighted by molar-refractivity contribution is -0.152. The summed E-state index contributed by atoms with van der Waals surface area (Å²) in [5.74, 6) is -1.35. The van der Waals surface area contributed by atoms with Crippen molar-refractivity contribution in [2.75, 3.05) is 18.5 Å². The first-order chi connectivity index (χ1) is 15.9. The van der Waals surface area contributed by atoms with Gasteiger partial charge in [-0.05, 0) is 55.7 Å². The predicted octanol–water partition coefficient (Wildman–Crippen LogP) is 2.29. The van der Waals surface area contributed by atoms with Crippen LogP contribution in [0.2, 0.25) is 0 Å². The molecule has 2 heterocycles. The number of esters is 1. The first-order valence-corrected chi connectivity index (χ1v) is 12.3. The Hall–Kier alpha value is -3.40. The van der Waals surface area contributed by atoms with Crippen LogP contribution in [0, 0.1) is 11.3 Å². The number of nitrogens with one attached hydrogen (secondary N) is 1. The minimum atomic E-state index is -4.04. The van der Waals surface area contributed by atoms with E-state index >= 15 is 0 Å². The maximum Gasteiger partial charge on any atom is 0.324 e. The van der Waals surface area contributed by atoms with Crippen LogP contribution < -0.4 is 5.32 Å². The SMILES string of the molecule is N#Cc1ccc(NC(=O)COC(=O)C2CCCCN2S(=O)(=O)c2cccc3nsnc23)cc1. The fourth-order valence-electron chi connectivity index (χ4n) is 3.60. The van der Waals surface area contributed by atoms with Crippen molar-refractivity contribution in [3.8, 4) is 6.07 Å². The van der Waals surface area contributed by atoms with E-state index in [4.69, 9.17) is 10.00 Å². The fraction of sp³-hybridized carbons (Fsp3) is 0.286. The zero-order valence-electron chi connectivity index (χ0n) is 17.3. The Kier molecular flexibility index (Phi) is 6.64. The molecule has 1 fully saturated rings. The Morgan fingerprint density at radius 1 is 1.18 bits per heavy atom. The zero-order chi connectivity index (χ0) is 23.4. The number of aromatic nitrogens is 2. The van der Waals surface area contributed by atoms with Crippen molar-refractivity contribution in [2.45, 2.75) is 30.2 Å². The van der Waals surface area contributed by atoms with E-state index in [0.29, 0.717) is 36.0 Å². The standard InChI is InChI=1S/C21H19N5O5S2/c22-12-14-7-9-15(10-8-14)23-19(27)13-31-21(28)17-5-1-2-11-26(17)33(29,30)18-6-3-4-16-20(18)25-32-24-16/h3-4,6-10,17H,1-2,5,11,13H2,(H,23,27). The van der Waals surface area contributed by atoms with Gasteiger partial charge in [-0.25, -0.2) is 8.42 Å². The Labute approximate surface area is 194 Å². The highest BCUT2D eigenvalue weighted by atomic mass is 32.2. The highest BCUT2D eigenvalue weighted by Crippen LogP contribution is 2.29. The van der Waals surface area contributed by atoms with Crippen LogP contribution >= 0.6 is 11.7 Å². The molecule has 0 saturated carbocycles. The van der Waals surface area contributed by atoms with Crippen molar-refractivity contribution in [3.05, 3.63) is 48.0 Å². The number of piperidine rings is 1. The summed E-state index contributed by atoms with van der Waals surface area (Å²) in [6.07, 6.45) is 1.56. The summed E-state index contributed by atoms with van der Waals surface area (Å²) < 4.78 is 41.3. The van der Waals surface area contributed by atoms with Gasteiger partial charge in [-0.1, -0.05) is 6.07 Å². The van der Waals surface area contributed by atoms with Crippen molar-refractivity contribution in [1.82, 2.24) is 13.1 Å². The largest absolute Gasteiger partial charge is 0.454 e. The molecule has 0 spiro atoms. The summed E-state index contributed by atoms with van der Waals surface area (Å²) in [5, 5.41) is 11.4. The predicted molar refractivity (Wildman–Crippen MR) is 120 cm³/mol. The minimum Gasteiger partial charge on any atom is -0.454 e. The number of nitriles is 1.